The van der Waals surface area contributed by atoms with E-state index in [0.717, 1.165) is 18.2 Å². The quantitative estimate of drug-likeness (QED) is 0.443. The van der Waals surface area contributed by atoms with Gasteiger partial charge >= 0.3 is 6.03 Å². The number of anilines is 1. The Bertz CT molecular complexity index is 1500. The predicted octanol–water partition coefficient (Wildman–Crippen LogP) is 4.70. The lowest BCUT2D eigenvalue weighted by atomic mass is 10.0. The normalized spacial score (nSPS) is 19.5. The molecule has 8 nitrogen and oxygen atoms in total. The van der Waals surface area contributed by atoms with Crippen LogP contribution in [0.25, 0.3) is 11.1 Å². The van der Waals surface area contributed by atoms with Crippen LogP contribution in [0.3, 0.4) is 0 Å². The van der Waals surface area contributed by atoms with Gasteiger partial charge in [0.15, 0.2) is 0 Å². The van der Waals surface area contributed by atoms with Gasteiger partial charge in [0.1, 0.15) is 34.2 Å². The fraction of sp³-hybridized carbons (Fsp3) is 0.321. The van der Waals surface area contributed by atoms with Crippen molar-refractivity contribution in [1.82, 2.24) is 9.21 Å². The topological polar surface area (TPSA) is 99.2 Å². The monoisotopic (exact) mass is 577 g/mol. The van der Waals surface area contributed by atoms with E-state index in [1.54, 1.807) is 26.0 Å². The smallest absolute Gasteiger partial charge is 0.321 e. The molecule has 0 bridgehead atoms. The highest BCUT2D eigenvalue weighted by molar-refractivity contribution is 7.89. The summed E-state index contributed by atoms with van der Waals surface area (Å²) in [7, 11) is -2.67. The molecule has 2 amide bonds. The standard InChI is InChI=1S/C28H30F3N3O5S/c1-17-14-34(18(2)16-35)40(37,38)27-10-7-20(19-5-4-6-21(29)11-19)12-25(27)39-26(17)15-33(3)28(36)32-24-13-22(30)8-9-23(24)31/h4-13,17-18,26,35H,14-16H2,1-3H3,(H,32,36)/t17-,18-,26+/m1/s1. The molecule has 0 spiro atoms. The van der Waals surface area contributed by atoms with Crippen LogP contribution in [-0.4, -0.2) is 67.7 Å². The third-order valence-corrected chi connectivity index (χ3v) is 8.82. The molecule has 3 aromatic rings. The van der Waals surface area contributed by atoms with Crippen molar-refractivity contribution < 1.29 is 36.2 Å². The second kappa shape index (κ2) is 11.9. The van der Waals surface area contributed by atoms with E-state index in [2.05, 4.69) is 5.32 Å². The third kappa shape index (κ3) is 6.24. The number of halogens is 3. The predicted molar refractivity (Wildman–Crippen MR) is 144 cm³/mol. The molecule has 0 saturated heterocycles. The van der Waals surface area contributed by atoms with Crippen LogP contribution in [0.1, 0.15) is 13.8 Å². The van der Waals surface area contributed by atoms with E-state index in [-0.39, 0.29) is 29.4 Å². The molecule has 0 saturated carbocycles. The van der Waals surface area contributed by atoms with Crippen molar-refractivity contribution in [3.8, 4) is 16.9 Å². The lowest BCUT2D eigenvalue weighted by Crippen LogP contribution is -2.50. The fourth-order valence-corrected chi connectivity index (χ4v) is 6.27. The summed E-state index contributed by atoms with van der Waals surface area (Å²) >= 11 is 0. The lowest BCUT2D eigenvalue weighted by molar-refractivity contribution is 0.0830. The van der Waals surface area contributed by atoms with Crippen LogP contribution in [0.2, 0.25) is 0 Å². The van der Waals surface area contributed by atoms with Crippen molar-refractivity contribution in [1.29, 1.82) is 0 Å². The van der Waals surface area contributed by atoms with E-state index in [4.69, 9.17) is 4.74 Å². The minimum absolute atomic E-state index is 0.00145. The summed E-state index contributed by atoms with van der Waals surface area (Å²) in [5, 5.41) is 12.1. The summed E-state index contributed by atoms with van der Waals surface area (Å²) in [6.45, 7) is 2.84. The number of hydrogen-bond acceptors (Lipinski definition) is 5. The van der Waals surface area contributed by atoms with Crippen molar-refractivity contribution in [3.63, 3.8) is 0 Å². The molecule has 0 aromatic heterocycles. The van der Waals surface area contributed by atoms with Gasteiger partial charge in [-0.3, -0.25) is 0 Å². The van der Waals surface area contributed by atoms with Gasteiger partial charge in [0.2, 0.25) is 10.0 Å². The highest BCUT2D eigenvalue weighted by atomic mass is 32.2. The molecular weight excluding hydrogens is 547 g/mol. The summed E-state index contributed by atoms with van der Waals surface area (Å²) < 4.78 is 76.3. The van der Waals surface area contributed by atoms with Gasteiger partial charge in [0.05, 0.1) is 18.8 Å². The van der Waals surface area contributed by atoms with Crippen LogP contribution in [0.15, 0.2) is 65.6 Å². The van der Waals surface area contributed by atoms with Crippen LogP contribution in [-0.2, 0) is 10.0 Å². The Kier molecular flexibility index (Phi) is 8.71. The maximum atomic E-state index is 14.1. The summed E-state index contributed by atoms with van der Waals surface area (Å²) in [4.78, 5) is 13.9. The molecule has 4 rings (SSSR count). The Morgan fingerprint density at radius 2 is 1.80 bits per heavy atom. The second-order valence-corrected chi connectivity index (χ2v) is 11.7. The van der Waals surface area contributed by atoms with Crippen molar-refractivity contribution in [3.05, 3.63) is 78.1 Å². The summed E-state index contributed by atoms with van der Waals surface area (Å²) in [5.41, 5.74) is 0.683. The number of sulfonamides is 1. The van der Waals surface area contributed by atoms with E-state index in [1.165, 1.54) is 46.6 Å². The highest BCUT2D eigenvalue weighted by Gasteiger charge is 2.38. The van der Waals surface area contributed by atoms with Gasteiger partial charge in [-0.2, -0.15) is 4.31 Å². The molecular formula is C28H30F3N3O5S. The molecule has 0 fully saturated rings. The van der Waals surface area contributed by atoms with Crippen molar-refractivity contribution in [2.45, 2.75) is 30.9 Å². The molecule has 214 valence electrons. The van der Waals surface area contributed by atoms with E-state index < -0.39 is 58.2 Å². The molecule has 0 aliphatic carbocycles. The number of nitrogens with one attached hydrogen (secondary N) is 1. The SMILES string of the molecule is C[C@@H]1CN([C@H](C)CO)S(=O)(=O)c2ccc(-c3cccc(F)c3)cc2O[C@H]1CN(C)C(=O)Nc1cc(F)ccc1F. The maximum Gasteiger partial charge on any atom is 0.321 e. The number of rotatable bonds is 6. The summed E-state index contributed by atoms with van der Waals surface area (Å²) in [6.07, 6.45) is -0.751. The number of carbonyl (C=O) groups is 1. The van der Waals surface area contributed by atoms with Crippen LogP contribution < -0.4 is 10.1 Å². The number of carbonyl (C=O) groups excluding carboxylic acids is 1. The summed E-state index contributed by atoms with van der Waals surface area (Å²) in [6, 6.07) is 11.4. The number of amides is 2. The first kappa shape index (κ1) is 29.4. The van der Waals surface area contributed by atoms with Gasteiger partial charge in [-0.05, 0) is 54.4 Å². The molecule has 12 heteroatoms. The third-order valence-electron chi connectivity index (χ3n) is 6.80. The van der Waals surface area contributed by atoms with Crippen molar-refractivity contribution >= 4 is 21.7 Å². The van der Waals surface area contributed by atoms with Gasteiger partial charge in [-0.1, -0.05) is 25.1 Å². The largest absolute Gasteiger partial charge is 0.487 e. The first-order valence-corrected chi connectivity index (χ1v) is 14.0. The molecule has 3 atom stereocenters. The first-order chi connectivity index (χ1) is 18.9. The number of hydrogen-bond donors (Lipinski definition) is 2. The molecule has 0 unspecified atom stereocenters. The van der Waals surface area contributed by atoms with Crippen LogP contribution in [0.4, 0.5) is 23.7 Å². The first-order valence-electron chi connectivity index (χ1n) is 12.6. The number of nitrogens with zero attached hydrogens (tertiary/aromatic N) is 2. The lowest BCUT2D eigenvalue weighted by Gasteiger charge is -2.37. The Hall–Kier alpha value is -3.61. The second-order valence-electron chi connectivity index (χ2n) is 9.85. The van der Waals surface area contributed by atoms with Crippen molar-refractivity contribution in [2.75, 3.05) is 32.1 Å². The van der Waals surface area contributed by atoms with Crippen LogP contribution in [0.5, 0.6) is 5.75 Å². The molecule has 2 N–H and O–H groups in total. The van der Waals surface area contributed by atoms with E-state index in [9.17, 15) is 31.5 Å². The average Bonchev–Trinajstić information content (AvgIpc) is 2.91. The molecule has 1 aliphatic heterocycles. The summed E-state index contributed by atoms with van der Waals surface area (Å²) in [5.74, 6) is -2.47. The minimum atomic E-state index is -4.11. The molecule has 3 aromatic carbocycles. The van der Waals surface area contributed by atoms with Gasteiger partial charge in [-0.25, -0.2) is 26.4 Å². The zero-order chi connectivity index (χ0) is 29.2. The fourth-order valence-electron chi connectivity index (χ4n) is 4.45. The molecule has 1 aliphatic rings. The Balaban J connectivity index is 1.69. The Morgan fingerprint density at radius 3 is 2.50 bits per heavy atom. The Morgan fingerprint density at radius 1 is 1.10 bits per heavy atom. The number of aliphatic hydroxyl groups is 1. The number of aliphatic hydroxyl groups excluding tert-OH is 1. The number of urea groups is 1. The van der Waals surface area contributed by atoms with Gasteiger partial charge in [0, 0.05) is 31.6 Å². The number of likely N-dealkylation sites (N-methyl/N-ethyl adjacent to an activating group) is 1. The Labute approximate surface area is 231 Å². The zero-order valence-corrected chi connectivity index (χ0v) is 23.0. The number of benzene rings is 3. The van der Waals surface area contributed by atoms with E-state index in [0.29, 0.717) is 11.1 Å². The number of ether oxygens (including phenoxy) is 1. The zero-order valence-electron chi connectivity index (χ0n) is 22.1. The van der Waals surface area contributed by atoms with Crippen LogP contribution in [0, 0.1) is 23.4 Å². The van der Waals surface area contributed by atoms with Crippen molar-refractivity contribution in [2.24, 2.45) is 5.92 Å². The number of fused-ring (bicyclic) bond motifs is 1. The van der Waals surface area contributed by atoms with E-state index >= 15 is 0 Å². The molecule has 1 heterocycles. The van der Waals surface area contributed by atoms with Gasteiger partial charge in [-0.15, -0.1) is 0 Å². The molecule has 0 radical (unpaired) electrons. The molecule has 40 heavy (non-hydrogen) atoms. The van der Waals surface area contributed by atoms with Gasteiger partial charge < -0.3 is 20.1 Å². The minimum Gasteiger partial charge on any atom is -0.487 e. The average molecular weight is 578 g/mol. The highest BCUT2D eigenvalue weighted by Crippen LogP contribution is 2.36. The maximum absolute atomic E-state index is 14.1. The van der Waals surface area contributed by atoms with E-state index in [1.807, 2.05) is 0 Å². The van der Waals surface area contributed by atoms with Crippen LogP contribution >= 0.6 is 0 Å². The van der Waals surface area contributed by atoms with Gasteiger partial charge in [0.25, 0.3) is 0 Å².